The van der Waals surface area contributed by atoms with Crippen LogP contribution >= 0.6 is 0 Å². The maximum absolute atomic E-state index is 13.9. The van der Waals surface area contributed by atoms with Gasteiger partial charge in [0, 0.05) is 26.3 Å². The zero-order chi connectivity index (χ0) is 26.9. The van der Waals surface area contributed by atoms with Gasteiger partial charge in [-0.05, 0) is 60.9 Å². The molecule has 9 nitrogen and oxygen atoms in total. The van der Waals surface area contributed by atoms with E-state index in [0.717, 1.165) is 5.56 Å². The van der Waals surface area contributed by atoms with Gasteiger partial charge < -0.3 is 34.3 Å². The fourth-order valence-corrected chi connectivity index (χ4v) is 4.21. The summed E-state index contributed by atoms with van der Waals surface area (Å²) in [4.78, 5) is 29.1. The van der Waals surface area contributed by atoms with E-state index in [0.29, 0.717) is 49.0 Å². The minimum Gasteiger partial charge on any atom is -0.507 e. The van der Waals surface area contributed by atoms with Gasteiger partial charge in [-0.1, -0.05) is 30.3 Å². The van der Waals surface area contributed by atoms with Crippen molar-refractivity contribution in [2.45, 2.75) is 25.9 Å². The lowest BCUT2D eigenvalue weighted by Gasteiger charge is -2.32. The number of hydrogen-bond donors (Lipinski definition) is 2. The molecule has 0 radical (unpaired) electrons. The quantitative estimate of drug-likeness (QED) is 0.347. The maximum atomic E-state index is 13.9. The number of para-hydroxylation sites is 1. The molecule has 0 saturated carbocycles. The average molecular weight is 521 g/mol. The Morgan fingerprint density at radius 1 is 1.05 bits per heavy atom. The molecule has 3 aromatic rings. The highest BCUT2D eigenvalue weighted by molar-refractivity contribution is 5.99. The van der Waals surface area contributed by atoms with Crippen molar-refractivity contribution in [2.24, 2.45) is 0 Å². The number of nitrogens with one attached hydrogen (secondary N) is 1. The first kappa shape index (κ1) is 26.8. The normalized spacial score (nSPS) is 12.6. The molecule has 0 bridgehead atoms. The average Bonchev–Trinajstić information content (AvgIpc) is 3.41. The number of amides is 2. The predicted molar refractivity (Wildman–Crippen MR) is 140 cm³/mol. The summed E-state index contributed by atoms with van der Waals surface area (Å²) in [5, 5.41) is 13.4. The zero-order valence-electron chi connectivity index (χ0n) is 21.5. The maximum Gasteiger partial charge on any atom is 0.258 e. The zero-order valence-corrected chi connectivity index (χ0v) is 21.5. The van der Waals surface area contributed by atoms with E-state index in [1.165, 1.54) is 17.0 Å². The molecule has 0 aliphatic carbocycles. The van der Waals surface area contributed by atoms with Crippen molar-refractivity contribution in [2.75, 3.05) is 33.7 Å². The van der Waals surface area contributed by atoms with Gasteiger partial charge in [-0.2, -0.15) is 0 Å². The van der Waals surface area contributed by atoms with E-state index in [4.69, 9.17) is 18.9 Å². The van der Waals surface area contributed by atoms with Gasteiger partial charge in [0.05, 0.1) is 12.7 Å². The van der Waals surface area contributed by atoms with Gasteiger partial charge in [0.1, 0.15) is 17.5 Å². The molecule has 4 rings (SSSR count). The molecule has 2 N–H and O–H groups in total. The van der Waals surface area contributed by atoms with Crippen LogP contribution in [0.2, 0.25) is 0 Å². The molecule has 3 aromatic carbocycles. The summed E-state index contributed by atoms with van der Waals surface area (Å²) in [7, 11) is 1.56. The lowest BCUT2D eigenvalue weighted by atomic mass is 10.0. The number of fused-ring (bicyclic) bond motifs is 1. The second-order valence-corrected chi connectivity index (χ2v) is 8.66. The van der Waals surface area contributed by atoms with Gasteiger partial charge in [0.2, 0.25) is 12.7 Å². The van der Waals surface area contributed by atoms with Gasteiger partial charge in [0.15, 0.2) is 11.5 Å². The number of hydrogen-bond acceptors (Lipinski definition) is 7. The fourth-order valence-electron chi connectivity index (χ4n) is 4.21. The molecule has 0 fully saturated rings. The van der Waals surface area contributed by atoms with Gasteiger partial charge in [-0.3, -0.25) is 9.59 Å². The summed E-state index contributed by atoms with van der Waals surface area (Å²) in [6.45, 7) is 3.61. The van der Waals surface area contributed by atoms with E-state index < -0.39 is 11.9 Å². The number of ether oxygens (including phenoxy) is 4. The summed E-state index contributed by atoms with van der Waals surface area (Å²) >= 11 is 0. The van der Waals surface area contributed by atoms with Crippen LogP contribution in [0.4, 0.5) is 0 Å². The van der Waals surface area contributed by atoms with Crippen molar-refractivity contribution in [3.8, 4) is 23.0 Å². The molecule has 1 heterocycles. The summed E-state index contributed by atoms with van der Waals surface area (Å²) in [6, 6.07) is 17.7. The van der Waals surface area contributed by atoms with Crippen molar-refractivity contribution >= 4 is 11.8 Å². The molecule has 2 amide bonds. The number of methoxy groups -OCH3 is 1. The first-order valence-corrected chi connectivity index (χ1v) is 12.5. The van der Waals surface area contributed by atoms with Crippen molar-refractivity contribution in [1.82, 2.24) is 10.2 Å². The van der Waals surface area contributed by atoms with Crippen LogP contribution in [-0.4, -0.2) is 55.5 Å². The molecule has 9 heteroatoms. The third kappa shape index (κ3) is 6.36. The Balaban J connectivity index is 1.72. The van der Waals surface area contributed by atoms with Crippen molar-refractivity contribution in [3.05, 3.63) is 83.4 Å². The number of phenols is 1. The third-order valence-electron chi connectivity index (χ3n) is 6.15. The van der Waals surface area contributed by atoms with Crippen molar-refractivity contribution in [1.29, 1.82) is 0 Å². The van der Waals surface area contributed by atoms with Gasteiger partial charge >= 0.3 is 0 Å². The Morgan fingerprint density at radius 3 is 2.55 bits per heavy atom. The Labute approximate surface area is 221 Å². The number of carbonyl (C=O) groups is 2. The molecule has 0 aromatic heterocycles. The highest BCUT2D eigenvalue weighted by Gasteiger charge is 2.33. The number of phenolic OH excluding ortho intramolecular Hbond substituents is 1. The molecule has 200 valence electrons. The molecular weight excluding hydrogens is 488 g/mol. The third-order valence-corrected chi connectivity index (χ3v) is 6.15. The Kier molecular flexibility index (Phi) is 9.05. The summed E-state index contributed by atoms with van der Waals surface area (Å²) in [6.07, 6.45) is 0.629. The van der Waals surface area contributed by atoms with Crippen LogP contribution in [0, 0.1) is 0 Å². The monoisotopic (exact) mass is 520 g/mol. The summed E-state index contributed by atoms with van der Waals surface area (Å²) in [5.74, 6) is 0.796. The van der Waals surface area contributed by atoms with Crippen LogP contribution < -0.4 is 19.5 Å². The number of rotatable bonds is 12. The van der Waals surface area contributed by atoms with Crippen LogP contribution in [0.15, 0.2) is 66.7 Å². The first-order chi connectivity index (χ1) is 18.5. The molecule has 1 atom stereocenters. The van der Waals surface area contributed by atoms with Gasteiger partial charge in [-0.25, -0.2) is 0 Å². The Bertz CT molecular complexity index is 1250. The minimum atomic E-state index is -0.995. The highest BCUT2D eigenvalue weighted by atomic mass is 16.7. The molecular formula is C29H32N2O7. The van der Waals surface area contributed by atoms with Gasteiger partial charge in [0.25, 0.3) is 5.91 Å². The number of nitrogens with zero attached hydrogens (tertiary/aromatic N) is 1. The summed E-state index contributed by atoms with van der Waals surface area (Å²) in [5.41, 5.74) is 1.43. The van der Waals surface area contributed by atoms with Crippen molar-refractivity contribution < 1.29 is 33.6 Å². The minimum absolute atomic E-state index is 0.0763. The standard InChI is InChI=1S/C29H32N2O7/c1-3-36-16-6-15-30-28(33)27(21-10-12-22(35-2)13-11-21)31(29(34)23-7-4-5-8-24(23)32)18-20-9-14-25-26(17-20)38-19-37-25/h4-5,7-14,17,27,32H,3,6,15-16,18-19H2,1-2H3,(H,30,33). The molecule has 38 heavy (non-hydrogen) atoms. The van der Waals surface area contributed by atoms with E-state index in [-0.39, 0.29) is 30.6 Å². The SMILES string of the molecule is CCOCCCNC(=O)C(c1ccc(OC)cc1)N(Cc1ccc2c(c1)OCO2)C(=O)c1ccccc1O. The van der Waals surface area contributed by atoms with E-state index in [1.54, 1.807) is 55.6 Å². The van der Waals surface area contributed by atoms with Crippen LogP contribution in [-0.2, 0) is 16.1 Å². The highest BCUT2D eigenvalue weighted by Crippen LogP contribution is 2.35. The lowest BCUT2D eigenvalue weighted by molar-refractivity contribution is -0.126. The predicted octanol–water partition coefficient (Wildman–Crippen LogP) is 4.06. The van der Waals surface area contributed by atoms with Crippen LogP contribution in [0.1, 0.15) is 40.9 Å². The van der Waals surface area contributed by atoms with Crippen molar-refractivity contribution in [3.63, 3.8) is 0 Å². The second kappa shape index (κ2) is 12.8. The van der Waals surface area contributed by atoms with E-state index in [1.807, 2.05) is 13.0 Å². The first-order valence-electron chi connectivity index (χ1n) is 12.5. The van der Waals surface area contributed by atoms with Crippen LogP contribution in [0.25, 0.3) is 0 Å². The molecule has 0 spiro atoms. The smallest absolute Gasteiger partial charge is 0.258 e. The van der Waals surface area contributed by atoms with Crippen LogP contribution in [0.3, 0.4) is 0 Å². The number of aromatic hydroxyl groups is 1. The molecule has 0 saturated heterocycles. The number of carbonyl (C=O) groups excluding carboxylic acids is 2. The fraction of sp³-hybridized carbons (Fsp3) is 0.310. The molecule has 1 aliphatic heterocycles. The van der Waals surface area contributed by atoms with E-state index >= 15 is 0 Å². The lowest BCUT2D eigenvalue weighted by Crippen LogP contribution is -2.43. The van der Waals surface area contributed by atoms with Gasteiger partial charge in [-0.15, -0.1) is 0 Å². The largest absolute Gasteiger partial charge is 0.507 e. The number of benzene rings is 3. The van der Waals surface area contributed by atoms with E-state index in [9.17, 15) is 14.7 Å². The second-order valence-electron chi connectivity index (χ2n) is 8.66. The Hall–Kier alpha value is -4.24. The topological polar surface area (TPSA) is 107 Å². The summed E-state index contributed by atoms with van der Waals surface area (Å²) < 4.78 is 21.6. The van der Waals surface area contributed by atoms with Crippen LogP contribution in [0.5, 0.6) is 23.0 Å². The molecule has 1 unspecified atom stereocenters. The molecule has 1 aliphatic rings. The Morgan fingerprint density at radius 2 is 1.82 bits per heavy atom. The van der Waals surface area contributed by atoms with E-state index in [2.05, 4.69) is 5.32 Å².